The summed E-state index contributed by atoms with van der Waals surface area (Å²) in [6, 6.07) is 13.4. The molecule has 3 aromatic rings. The lowest BCUT2D eigenvalue weighted by Gasteiger charge is -2.32. The van der Waals surface area contributed by atoms with E-state index in [0.29, 0.717) is 28.9 Å². The predicted octanol–water partition coefficient (Wildman–Crippen LogP) is 3.79. The largest absolute Gasteiger partial charge is 0.337 e. The Morgan fingerprint density at radius 1 is 1.14 bits per heavy atom. The fraction of sp³-hybridized carbons (Fsp3) is 0.286. The monoisotopic (exact) mass is 416 g/mol. The summed E-state index contributed by atoms with van der Waals surface area (Å²) in [5, 5.41) is 7.24. The second-order valence-corrected chi connectivity index (χ2v) is 6.89. The van der Waals surface area contributed by atoms with Crippen LogP contribution in [-0.2, 0) is 0 Å². The summed E-state index contributed by atoms with van der Waals surface area (Å²) in [7, 11) is 1.93. The van der Waals surface area contributed by atoms with Gasteiger partial charge in [0.15, 0.2) is 0 Å². The van der Waals surface area contributed by atoms with Gasteiger partial charge in [-0.25, -0.2) is 4.39 Å². The molecule has 6 nitrogen and oxygen atoms in total. The summed E-state index contributed by atoms with van der Waals surface area (Å²) in [5.41, 5.74) is 2.04. The van der Waals surface area contributed by atoms with Crippen LogP contribution in [0.15, 0.2) is 53.1 Å². The van der Waals surface area contributed by atoms with Crippen LogP contribution < -0.4 is 5.32 Å². The highest BCUT2D eigenvalue weighted by Crippen LogP contribution is 2.23. The van der Waals surface area contributed by atoms with E-state index < -0.39 is 0 Å². The van der Waals surface area contributed by atoms with E-state index in [1.165, 1.54) is 12.1 Å². The Hall–Kier alpha value is -2.77. The third-order valence-electron chi connectivity index (χ3n) is 5.02. The van der Waals surface area contributed by atoms with E-state index in [9.17, 15) is 9.18 Å². The number of hydrogen-bond acceptors (Lipinski definition) is 5. The van der Waals surface area contributed by atoms with Crippen LogP contribution in [0.1, 0.15) is 23.2 Å². The van der Waals surface area contributed by atoms with Crippen LogP contribution in [-0.4, -0.2) is 47.1 Å². The van der Waals surface area contributed by atoms with Gasteiger partial charge in [0.25, 0.3) is 11.8 Å². The van der Waals surface area contributed by atoms with E-state index in [0.717, 1.165) is 31.5 Å². The molecular formula is C21H22ClFN4O2. The second kappa shape index (κ2) is 9.15. The summed E-state index contributed by atoms with van der Waals surface area (Å²) in [6.45, 7) is 1.51. The molecule has 2 aromatic carbocycles. The van der Waals surface area contributed by atoms with Crippen LogP contribution in [0.4, 0.5) is 4.39 Å². The molecule has 1 N–H and O–H groups in total. The number of likely N-dealkylation sites (N-methyl/N-ethyl adjacent to an activating group) is 1. The maximum Gasteiger partial charge on any atom is 0.258 e. The SMILES string of the molecule is CNC1CCCN(C(=O)c2ccc(-c3noc(-c4ccc(F)cc4)n3)cc2)C1.Cl. The number of nitrogens with one attached hydrogen (secondary N) is 1. The maximum absolute atomic E-state index is 13.1. The van der Waals surface area contributed by atoms with E-state index >= 15 is 0 Å². The fourth-order valence-corrected chi connectivity index (χ4v) is 3.39. The molecule has 1 saturated heterocycles. The van der Waals surface area contributed by atoms with Crippen molar-refractivity contribution in [3.8, 4) is 22.8 Å². The Labute approximate surface area is 174 Å². The molecule has 152 valence electrons. The number of piperidine rings is 1. The van der Waals surface area contributed by atoms with Crippen molar-refractivity contribution in [1.82, 2.24) is 20.4 Å². The normalized spacial score (nSPS) is 16.3. The van der Waals surface area contributed by atoms with Crippen LogP contribution in [0.25, 0.3) is 22.8 Å². The molecule has 1 fully saturated rings. The van der Waals surface area contributed by atoms with Gasteiger partial charge in [-0.15, -0.1) is 12.4 Å². The molecule has 4 rings (SSSR count). The minimum absolute atomic E-state index is 0. The number of carbonyl (C=O) groups is 1. The zero-order valence-corrected chi connectivity index (χ0v) is 16.8. The zero-order chi connectivity index (χ0) is 19.5. The molecule has 1 amide bonds. The number of halogens is 2. The third kappa shape index (κ3) is 4.63. The first-order valence-corrected chi connectivity index (χ1v) is 9.30. The molecule has 1 aliphatic rings. The van der Waals surface area contributed by atoms with Crippen LogP contribution in [0.3, 0.4) is 0 Å². The average molecular weight is 417 g/mol. The van der Waals surface area contributed by atoms with Crippen molar-refractivity contribution in [2.24, 2.45) is 0 Å². The smallest absolute Gasteiger partial charge is 0.258 e. The van der Waals surface area contributed by atoms with Gasteiger partial charge in [-0.1, -0.05) is 17.3 Å². The Balaban J connectivity index is 0.00000240. The van der Waals surface area contributed by atoms with Crippen LogP contribution in [0.5, 0.6) is 0 Å². The molecular weight excluding hydrogens is 395 g/mol. The molecule has 0 saturated carbocycles. The molecule has 0 bridgehead atoms. The number of likely N-dealkylation sites (tertiary alicyclic amines) is 1. The zero-order valence-electron chi connectivity index (χ0n) is 16.0. The van der Waals surface area contributed by atoms with Gasteiger partial charge in [0.1, 0.15) is 5.82 Å². The Bertz CT molecular complexity index is 960. The Kier molecular flexibility index (Phi) is 6.61. The summed E-state index contributed by atoms with van der Waals surface area (Å²) < 4.78 is 18.3. The molecule has 1 aliphatic heterocycles. The topological polar surface area (TPSA) is 71.3 Å². The predicted molar refractivity (Wildman–Crippen MR) is 110 cm³/mol. The van der Waals surface area contributed by atoms with Gasteiger partial charge in [-0.05, 0) is 56.3 Å². The number of nitrogens with zero attached hydrogens (tertiary/aromatic N) is 3. The van der Waals surface area contributed by atoms with Gasteiger partial charge < -0.3 is 14.7 Å². The molecule has 29 heavy (non-hydrogen) atoms. The number of carbonyl (C=O) groups excluding carboxylic acids is 1. The van der Waals surface area contributed by atoms with Gasteiger partial charge in [-0.3, -0.25) is 4.79 Å². The number of benzene rings is 2. The van der Waals surface area contributed by atoms with Crippen LogP contribution in [0, 0.1) is 5.82 Å². The fourth-order valence-electron chi connectivity index (χ4n) is 3.39. The van der Waals surface area contributed by atoms with Crippen molar-refractivity contribution in [2.75, 3.05) is 20.1 Å². The first-order chi connectivity index (χ1) is 13.6. The minimum Gasteiger partial charge on any atom is -0.337 e. The van der Waals surface area contributed by atoms with Gasteiger partial charge in [0, 0.05) is 35.8 Å². The van der Waals surface area contributed by atoms with E-state index in [-0.39, 0.29) is 24.1 Å². The van der Waals surface area contributed by atoms with Gasteiger partial charge in [0.05, 0.1) is 0 Å². The number of aromatic nitrogens is 2. The van der Waals surface area contributed by atoms with Crippen molar-refractivity contribution in [3.05, 3.63) is 59.9 Å². The van der Waals surface area contributed by atoms with Gasteiger partial charge in [0.2, 0.25) is 5.82 Å². The van der Waals surface area contributed by atoms with Crippen LogP contribution in [0.2, 0.25) is 0 Å². The molecule has 1 unspecified atom stereocenters. The molecule has 0 spiro atoms. The molecule has 8 heteroatoms. The van der Waals surface area contributed by atoms with Crippen LogP contribution >= 0.6 is 12.4 Å². The van der Waals surface area contributed by atoms with E-state index in [1.54, 1.807) is 24.3 Å². The second-order valence-electron chi connectivity index (χ2n) is 6.89. The van der Waals surface area contributed by atoms with Crippen molar-refractivity contribution >= 4 is 18.3 Å². The Morgan fingerprint density at radius 3 is 2.52 bits per heavy atom. The summed E-state index contributed by atoms with van der Waals surface area (Å²) in [6.07, 6.45) is 2.10. The lowest BCUT2D eigenvalue weighted by Crippen LogP contribution is -2.46. The van der Waals surface area contributed by atoms with Gasteiger partial charge >= 0.3 is 0 Å². The summed E-state index contributed by atoms with van der Waals surface area (Å²) >= 11 is 0. The van der Waals surface area contributed by atoms with Crippen molar-refractivity contribution < 1.29 is 13.7 Å². The first kappa shape index (κ1) is 21.0. The quantitative estimate of drug-likeness (QED) is 0.700. The van der Waals surface area contributed by atoms with E-state index in [2.05, 4.69) is 15.5 Å². The summed E-state index contributed by atoms with van der Waals surface area (Å²) in [4.78, 5) is 19.0. The highest BCUT2D eigenvalue weighted by Gasteiger charge is 2.23. The maximum atomic E-state index is 13.1. The molecule has 0 radical (unpaired) electrons. The third-order valence-corrected chi connectivity index (χ3v) is 5.02. The van der Waals surface area contributed by atoms with E-state index in [1.807, 2.05) is 24.1 Å². The molecule has 0 aliphatic carbocycles. The van der Waals surface area contributed by atoms with Crippen molar-refractivity contribution in [1.29, 1.82) is 0 Å². The molecule has 1 aromatic heterocycles. The highest BCUT2D eigenvalue weighted by atomic mass is 35.5. The average Bonchev–Trinajstić information content (AvgIpc) is 3.24. The minimum atomic E-state index is -0.321. The first-order valence-electron chi connectivity index (χ1n) is 9.30. The number of rotatable bonds is 4. The van der Waals surface area contributed by atoms with Crippen molar-refractivity contribution in [2.45, 2.75) is 18.9 Å². The van der Waals surface area contributed by atoms with E-state index in [4.69, 9.17) is 4.52 Å². The van der Waals surface area contributed by atoms with Gasteiger partial charge in [-0.2, -0.15) is 4.98 Å². The highest BCUT2D eigenvalue weighted by molar-refractivity contribution is 5.94. The number of amides is 1. The standard InChI is InChI=1S/C21H21FN4O2.ClH/c1-23-18-3-2-12-26(13-18)21(27)16-6-4-14(5-7-16)19-24-20(28-25-19)15-8-10-17(22)11-9-15;/h4-11,18,23H,2-3,12-13H2,1H3;1H. The molecule has 2 heterocycles. The summed E-state index contributed by atoms with van der Waals surface area (Å²) in [5.74, 6) is 0.457. The lowest BCUT2D eigenvalue weighted by molar-refractivity contribution is 0.0698. The number of hydrogen-bond donors (Lipinski definition) is 1. The Morgan fingerprint density at radius 2 is 1.83 bits per heavy atom. The molecule has 1 atom stereocenters. The van der Waals surface area contributed by atoms with Crippen molar-refractivity contribution in [3.63, 3.8) is 0 Å². The lowest BCUT2D eigenvalue weighted by atomic mass is 10.0.